The van der Waals surface area contributed by atoms with Crippen LogP contribution in [0.4, 0.5) is 0 Å². The number of allylic oxidation sites excluding steroid dienone is 3. The average Bonchev–Trinajstić information content (AvgIpc) is 2.82. The van der Waals surface area contributed by atoms with E-state index in [4.69, 9.17) is 10.5 Å². The van der Waals surface area contributed by atoms with Gasteiger partial charge >= 0.3 is 0 Å². The standard InChI is InChI=1S/C12H9N3S/c1-8-9(6-13)5-10(7-14)12(15-8)11-3-2-4-16-11/h2-4,15H,5H2,1H3. The maximum absolute atomic E-state index is 9.08. The number of hydrogen-bond donors (Lipinski definition) is 1. The number of nitrogens with one attached hydrogen (secondary N) is 1. The van der Waals surface area contributed by atoms with Crippen molar-refractivity contribution in [3.63, 3.8) is 0 Å². The van der Waals surface area contributed by atoms with Gasteiger partial charge in [0.05, 0.1) is 33.9 Å². The van der Waals surface area contributed by atoms with E-state index in [1.165, 1.54) is 0 Å². The van der Waals surface area contributed by atoms with Gasteiger partial charge in [-0.2, -0.15) is 10.5 Å². The molecule has 1 N–H and O–H groups in total. The van der Waals surface area contributed by atoms with E-state index >= 15 is 0 Å². The summed E-state index contributed by atoms with van der Waals surface area (Å²) in [6.07, 6.45) is 0.430. The lowest BCUT2D eigenvalue weighted by molar-refractivity contribution is 0.972. The van der Waals surface area contributed by atoms with Crippen LogP contribution in [0.3, 0.4) is 0 Å². The highest BCUT2D eigenvalue weighted by molar-refractivity contribution is 7.11. The Hall–Kier alpha value is -2.04. The second-order valence-electron chi connectivity index (χ2n) is 3.46. The number of dihydropyridines is 1. The monoisotopic (exact) mass is 227 g/mol. The quantitative estimate of drug-likeness (QED) is 0.802. The molecular weight excluding hydrogens is 218 g/mol. The normalized spacial score (nSPS) is 15.4. The summed E-state index contributed by atoms with van der Waals surface area (Å²) in [7, 11) is 0. The zero-order valence-corrected chi connectivity index (χ0v) is 9.56. The predicted molar refractivity (Wildman–Crippen MR) is 62.9 cm³/mol. The van der Waals surface area contributed by atoms with E-state index in [1.807, 2.05) is 24.4 Å². The molecule has 0 unspecified atom stereocenters. The van der Waals surface area contributed by atoms with Crippen LogP contribution in [0.5, 0.6) is 0 Å². The molecule has 4 heteroatoms. The Morgan fingerprint density at radius 3 is 2.62 bits per heavy atom. The first-order valence-corrected chi connectivity index (χ1v) is 5.68. The van der Waals surface area contributed by atoms with Crippen LogP contribution in [-0.2, 0) is 0 Å². The highest BCUT2D eigenvalue weighted by atomic mass is 32.1. The van der Waals surface area contributed by atoms with Gasteiger partial charge in [0.15, 0.2) is 0 Å². The molecule has 16 heavy (non-hydrogen) atoms. The van der Waals surface area contributed by atoms with Crippen molar-refractivity contribution in [2.45, 2.75) is 13.3 Å². The SMILES string of the molecule is CC1=C(C#N)CC(C#N)=C(c2cccs2)N1. The largest absolute Gasteiger partial charge is 0.356 e. The van der Waals surface area contributed by atoms with Crippen LogP contribution >= 0.6 is 11.3 Å². The van der Waals surface area contributed by atoms with E-state index in [2.05, 4.69) is 17.5 Å². The molecule has 0 saturated carbocycles. The fraction of sp³-hybridized carbons (Fsp3) is 0.167. The summed E-state index contributed by atoms with van der Waals surface area (Å²) in [4.78, 5) is 1.04. The van der Waals surface area contributed by atoms with Crippen LogP contribution in [0.25, 0.3) is 5.70 Å². The van der Waals surface area contributed by atoms with Crippen molar-refractivity contribution in [1.29, 1.82) is 10.5 Å². The molecular formula is C12H9N3S. The topological polar surface area (TPSA) is 59.6 Å². The second-order valence-corrected chi connectivity index (χ2v) is 4.41. The summed E-state index contributed by atoms with van der Waals surface area (Å²) >= 11 is 1.58. The Labute approximate surface area is 97.9 Å². The van der Waals surface area contributed by atoms with Gasteiger partial charge in [-0.1, -0.05) is 6.07 Å². The molecule has 1 aromatic rings. The van der Waals surface area contributed by atoms with E-state index in [9.17, 15) is 0 Å². The summed E-state index contributed by atoms with van der Waals surface area (Å²) in [6.45, 7) is 1.86. The van der Waals surface area contributed by atoms with E-state index < -0.39 is 0 Å². The molecule has 0 aromatic carbocycles. The maximum Gasteiger partial charge on any atom is 0.0973 e. The van der Waals surface area contributed by atoms with E-state index in [1.54, 1.807) is 11.3 Å². The molecule has 1 aliphatic rings. The molecule has 0 saturated heterocycles. The molecule has 2 rings (SSSR count). The Bertz CT molecular complexity index is 550. The Morgan fingerprint density at radius 1 is 1.31 bits per heavy atom. The molecule has 78 valence electrons. The first-order chi connectivity index (χ1) is 7.76. The first kappa shape index (κ1) is 10.5. The molecule has 0 amide bonds. The minimum Gasteiger partial charge on any atom is -0.356 e. The molecule has 0 bridgehead atoms. The zero-order valence-electron chi connectivity index (χ0n) is 8.74. The molecule has 1 aliphatic heterocycles. The fourth-order valence-corrected chi connectivity index (χ4v) is 2.34. The Balaban J connectivity index is 2.44. The minimum absolute atomic E-state index is 0.430. The lowest BCUT2D eigenvalue weighted by atomic mass is 9.99. The molecule has 0 fully saturated rings. The van der Waals surface area contributed by atoms with Crippen LogP contribution in [0, 0.1) is 22.7 Å². The first-order valence-electron chi connectivity index (χ1n) is 4.80. The van der Waals surface area contributed by atoms with Crippen molar-refractivity contribution >= 4 is 17.0 Å². The van der Waals surface area contributed by atoms with Crippen LogP contribution in [0.1, 0.15) is 18.2 Å². The highest BCUT2D eigenvalue weighted by Crippen LogP contribution is 2.29. The summed E-state index contributed by atoms with van der Waals surface area (Å²) in [5.41, 5.74) is 2.94. The second kappa shape index (κ2) is 4.22. The molecule has 3 nitrogen and oxygen atoms in total. The van der Waals surface area contributed by atoms with Crippen molar-refractivity contribution in [3.05, 3.63) is 39.2 Å². The third-order valence-electron chi connectivity index (χ3n) is 2.46. The molecule has 0 spiro atoms. The molecule has 0 atom stereocenters. The Morgan fingerprint density at radius 2 is 2.06 bits per heavy atom. The maximum atomic E-state index is 9.08. The van der Waals surface area contributed by atoms with Gasteiger partial charge in [0.25, 0.3) is 0 Å². The van der Waals surface area contributed by atoms with E-state index in [0.717, 1.165) is 16.3 Å². The minimum atomic E-state index is 0.430. The van der Waals surface area contributed by atoms with Crippen LogP contribution in [0.2, 0.25) is 0 Å². The lowest BCUT2D eigenvalue weighted by Gasteiger charge is -2.18. The number of nitrogens with zero attached hydrogens (tertiary/aromatic N) is 2. The zero-order chi connectivity index (χ0) is 11.5. The predicted octanol–water partition coefficient (Wildman–Crippen LogP) is 2.77. The number of hydrogen-bond acceptors (Lipinski definition) is 4. The van der Waals surface area contributed by atoms with Gasteiger partial charge in [-0.05, 0) is 18.4 Å². The van der Waals surface area contributed by atoms with Gasteiger partial charge in [0, 0.05) is 12.1 Å². The van der Waals surface area contributed by atoms with Crippen molar-refractivity contribution < 1.29 is 0 Å². The molecule has 0 radical (unpaired) electrons. The Kier molecular flexibility index (Phi) is 2.76. The molecule has 0 aliphatic carbocycles. The van der Waals surface area contributed by atoms with E-state index in [-0.39, 0.29) is 0 Å². The van der Waals surface area contributed by atoms with Crippen molar-refractivity contribution in [2.24, 2.45) is 0 Å². The van der Waals surface area contributed by atoms with Crippen LogP contribution in [-0.4, -0.2) is 0 Å². The smallest absolute Gasteiger partial charge is 0.0973 e. The average molecular weight is 227 g/mol. The van der Waals surface area contributed by atoms with Gasteiger partial charge in [0.2, 0.25) is 0 Å². The number of nitriles is 2. The molecule has 1 aromatic heterocycles. The summed E-state index contributed by atoms with van der Waals surface area (Å²) in [5.74, 6) is 0. The van der Waals surface area contributed by atoms with Crippen molar-refractivity contribution in [2.75, 3.05) is 0 Å². The van der Waals surface area contributed by atoms with Gasteiger partial charge in [-0.25, -0.2) is 0 Å². The van der Waals surface area contributed by atoms with Gasteiger partial charge in [0.1, 0.15) is 0 Å². The van der Waals surface area contributed by atoms with Gasteiger partial charge in [-0.15, -0.1) is 11.3 Å². The lowest BCUT2D eigenvalue weighted by Crippen LogP contribution is -2.17. The molecule has 2 heterocycles. The van der Waals surface area contributed by atoms with E-state index in [0.29, 0.717) is 17.6 Å². The third kappa shape index (κ3) is 1.71. The van der Waals surface area contributed by atoms with Crippen molar-refractivity contribution in [3.8, 4) is 12.1 Å². The fourth-order valence-electron chi connectivity index (χ4n) is 1.59. The number of rotatable bonds is 1. The van der Waals surface area contributed by atoms with Crippen molar-refractivity contribution in [1.82, 2.24) is 5.32 Å². The highest BCUT2D eigenvalue weighted by Gasteiger charge is 2.19. The summed E-state index contributed by atoms with van der Waals surface area (Å²) in [5, 5.41) is 23.1. The van der Waals surface area contributed by atoms with Crippen LogP contribution in [0.15, 0.2) is 34.4 Å². The summed E-state index contributed by atoms with van der Waals surface area (Å²) < 4.78 is 0. The summed E-state index contributed by atoms with van der Waals surface area (Å²) in [6, 6.07) is 8.20. The van der Waals surface area contributed by atoms with Gasteiger partial charge < -0.3 is 5.32 Å². The third-order valence-corrected chi connectivity index (χ3v) is 3.35. The van der Waals surface area contributed by atoms with Gasteiger partial charge in [-0.3, -0.25) is 0 Å². The van der Waals surface area contributed by atoms with Crippen LogP contribution < -0.4 is 5.32 Å². The number of thiophene rings is 1.